The number of carbonyl (C=O) groups excluding carboxylic acids is 2. The number of rotatable bonds is 15. The maximum absolute atomic E-state index is 12.7. The van der Waals surface area contributed by atoms with Crippen LogP contribution in [0.3, 0.4) is 0 Å². The molecule has 10 heterocycles. The van der Waals surface area contributed by atoms with Crippen molar-refractivity contribution in [3.63, 3.8) is 0 Å². The molecule has 2 aliphatic heterocycles. The Hall–Kier alpha value is -6.25. The predicted molar refractivity (Wildman–Crippen MR) is 255 cm³/mol. The molecular formula is C48H38ClF3N6O8RuS3. The summed E-state index contributed by atoms with van der Waals surface area (Å²) < 4.78 is 72.2. The molecule has 8 aromatic heterocycles. The zero-order valence-electron chi connectivity index (χ0n) is 36.7. The zero-order valence-corrected chi connectivity index (χ0v) is 41.7. The first-order valence-electron chi connectivity index (χ1n) is 21.4. The molecule has 0 fully saturated rings. The van der Waals surface area contributed by atoms with Gasteiger partial charge in [0, 0.05) is 47.0 Å². The second kappa shape index (κ2) is 23.6. The summed E-state index contributed by atoms with van der Waals surface area (Å²) in [4.78, 5) is 43.6. The monoisotopic (exact) mass is 1120 g/mol. The van der Waals surface area contributed by atoms with Crippen molar-refractivity contribution in [3.05, 3.63) is 101 Å². The fraction of sp³-hybridized carbons (Fsp3) is 0.229. The number of fused-ring (bicyclic) bond motifs is 2. The van der Waals surface area contributed by atoms with E-state index in [1.165, 1.54) is 53.7 Å². The summed E-state index contributed by atoms with van der Waals surface area (Å²) in [5, 5.41) is 10.8. The van der Waals surface area contributed by atoms with E-state index in [-0.39, 0.29) is 11.4 Å². The zero-order chi connectivity index (χ0) is 49.0. The number of ether oxygens (including phenoxy) is 6. The molecule has 0 saturated heterocycles. The average Bonchev–Trinajstić information content (AvgIpc) is 4.23. The third kappa shape index (κ3) is 11.7. The Morgan fingerprint density at radius 3 is 2.00 bits per heavy atom. The van der Waals surface area contributed by atoms with Gasteiger partial charge in [-0.15, -0.1) is 34.0 Å². The second-order valence-corrected chi connectivity index (χ2v) is 17.8. The number of aryl methyl sites for hydroxylation is 1. The summed E-state index contributed by atoms with van der Waals surface area (Å²) in [6.45, 7) is 4.70. The molecule has 362 valence electrons. The van der Waals surface area contributed by atoms with Crippen LogP contribution in [0.2, 0.25) is 0 Å². The summed E-state index contributed by atoms with van der Waals surface area (Å²) in [6, 6.07) is 16.8. The Bertz CT molecular complexity index is 3070. The van der Waals surface area contributed by atoms with E-state index in [0.29, 0.717) is 90.8 Å². The molecule has 0 N–H and O–H groups in total. The molecule has 10 rings (SSSR count). The Kier molecular flexibility index (Phi) is 16.9. The number of nitrogens with zero attached hydrogens (tertiary/aromatic N) is 6. The van der Waals surface area contributed by atoms with Gasteiger partial charge in [-0.05, 0) is 77.4 Å². The molecule has 0 bridgehead atoms. The fourth-order valence-electron chi connectivity index (χ4n) is 7.39. The Morgan fingerprint density at radius 1 is 0.686 bits per heavy atom. The first kappa shape index (κ1) is 50.2. The van der Waals surface area contributed by atoms with Gasteiger partial charge >= 0.3 is 33.2 Å². The Labute approximate surface area is 424 Å². The first-order chi connectivity index (χ1) is 34.2. The molecule has 0 unspecified atom stereocenters. The van der Waals surface area contributed by atoms with Crippen molar-refractivity contribution in [2.24, 2.45) is 0 Å². The number of unbranched alkanes of at least 4 members (excludes halogenated alkanes) is 3. The van der Waals surface area contributed by atoms with Crippen molar-refractivity contribution < 1.29 is 68.5 Å². The SMILES string of the molecule is CCCCCCc1ccsc1-c1ccnc(-c2cc(C(F)(F)F)n[n-]2)c1.O=COc1ccnc(-c2cc(OC=O)cc(-c3cc(-c4sc(-c5scc6c5OCCO6)c5c4OCCO5)ccn3)n2)c1.[Cl][Ru+]. The topological polar surface area (TPSA) is 168 Å². The number of hydrogen-bond acceptors (Lipinski definition) is 16. The molecule has 0 aliphatic carbocycles. The van der Waals surface area contributed by atoms with Crippen LogP contribution in [0.15, 0.2) is 90.0 Å². The van der Waals surface area contributed by atoms with E-state index in [0.717, 1.165) is 55.3 Å². The predicted octanol–water partition coefficient (Wildman–Crippen LogP) is 11.9. The Morgan fingerprint density at radius 2 is 1.30 bits per heavy atom. The summed E-state index contributed by atoms with van der Waals surface area (Å²) in [6.07, 6.45) is 6.05. The van der Waals surface area contributed by atoms with E-state index < -0.39 is 11.9 Å². The summed E-state index contributed by atoms with van der Waals surface area (Å²) in [5.41, 5.74) is 4.38. The van der Waals surface area contributed by atoms with Crippen LogP contribution in [-0.4, -0.2) is 64.4 Å². The van der Waals surface area contributed by atoms with Gasteiger partial charge in [-0.2, -0.15) is 13.2 Å². The van der Waals surface area contributed by atoms with E-state index >= 15 is 0 Å². The third-order valence-electron chi connectivity index (χ3n) is 10.5. The third-order valence-corrected chi connectivity index (χ3v) is 13.8. The molecular weight excluding hydrogens is 1080 g/mol. The number of aromatic nitrogens is 6. The number of pyridine rings is 4. The van der Waals surface area contributed by atoms with Crippen LogP contribution in [0.4, 0.5) is 13.2 Å². The van der Waals surface area contributed by atoms with Gasteiger partial charge in [-0.1, -0.05) is 31.9 Å². The van der Waals surface area contributed by atoms with Crippen molar-refractivity contribution in [3.8, 4) is 99.3 Å². The van der Waals surface area contributed by atoms with E-state index in [9.17, 15) is 22.8 Å². The van der Waals surface area contributed by atoms with Gasteiger partial charge in [0.25, 0.3) is 12.9 Å². The van der Waals surface area contributed by atoms with Gasteiger partial charge < -0.3 is 38.6 Å². The maximum atomic E-state index is 12.7. The molecule has 0 radical (unpaired) electrons. The minimum absolute atomic E-state index is 0.139. The molecule has 14 nitrogen and oxygen atoms in total. The van der Waals surface area contributed by atoms with Crippen molar-refractivity contribution in [1.29, 1.82) is 0 Å². The molecule has 8 aromatic rings. The molecule has 2 aliphatic rings. The van der Waals surface area contributed by atoms with Gasteiger partial charge in [-0.25, -0.2) is 4.98 Å². The number of halogens is 4. The first-order valence-corrected chi connectivity index (χ1v) is 26.2. The normalized spacial score (nSPS) is 12.5. The summed E-state index contributed by atoms with van der Waals surface area (Å²) in [5.74, 6) is 3.31. The van der Waals surface area contributed by atoms with Crippen LogP contribution in [0.5, 0.6) is 34.5 Å². The molecule has 0 atom stereocenters. The molecule has 0 spiro atoms. The number of hydrogen-bond donors (Lipinski definition) is 0. The van der Waals surface area contributed by atoms with E-state index in [2.05, 4.69) is 53.2 Å². The molecule has 0 amide bonds. The molecule has 0 aromatic carbocycles. The van der Waals surface area contributed by atoms with Crippen LogP contribution in [0.1, 0.15) is 43.9 Å². The molecule has 22 heteroatoms. The van der Waals surface area contributed by atoms with Gasteiger partial charge in [0.2, 0.25) is 0 Å². The van der Waals surface area contributed by atoms with Gasteiger partial charge in [-0.3, -0.25) is 24.5 Å². The van der Waals surface area contributed by atoms with E-state index in [1.54, 1.807) is 54.1 Å². The van der Waals surface area contributed by atoms with Gasteiger partial charge in [0.15, 0.2) is 23.0 Å². The van der Waals surface area contributed by atoms with Crippen LogP contribution < -0.4 is 33.5 Å². The van der Waals surface area contributed by atoms with Crippen molar-refractivity contribution in [1.82, 2.24) is 30.1 Å². The van der Waals surface area contributed by atoms with E-state index in [4.69, 9.17) is 33.4 Å². The standard InChI is InChI=1S/C29H19N3O8S2.C19H19F3N3S.ClH.Ru/c33-14-39-17-2-4-31-20(10-17)22-12-18(40-15-34)11-21(32-22)19-9-16(1-3-30-19)27-25-26(38-8-7-37-25)29(42-27)28-24-23(13-41-28)35-5-6-36-24;1-2-3-4-5-6-13-8-10-26-18(13)14-7-9-23-15(11-14)16-12-17(25-24-16)19(20,21)22;;/h1-4,9-15H,5-8H2;7-12H,2-6H2,1H3;1H;/q;-1;;+2/p-1. The number of alkyl halides is 3. The van der Waals surface area contributed by atoms with Crippen molar-refractivity contribution in [2.75, 3.05) is 26.4 Å². The van der Waals surface area contributed by atoms with Crippen LogP contribution in [0, 0.1) is 0 Å². The average molecular weight is 1120 g/mol. The number of carbonyl (C=O) groups is 2. The van der Waals surface area contributed by atoms with Gasteiger partial charge in [0.05, 0.1) is 43.1 Å². The quantitative estimate of drug-likeness (QED) is 0.0540. The van der Waals surface area contributed by atoms with Crippen LogP contribution in [-0.2, 0) is 39.5 Å². The van der Waals surface area contributed by atoms with Gasteiger partial charge in [0.1, 0.15) is 43.6 Å². The molecule has 70 heavy (non-hydrogen) atoms. The molecule has 0 saturated carbocycles. The second-order valence-electron chi connectivity index (χ2n) is 15.0. The minimum atomic E-state index is -4.50. The summed E-state index contributed by atoms with van der Waals surface area (Å²) in [7, 11) is 4.57. The fourth-order valence-corrected chi connectivity index (χ4v) is 10.6. The number of thiophene rings is 3. The summed E-state index contributed by atoms with van der Waals surface area (Å²) >= 11 is 6.53. The van der Waals surface area contributed by atoms with E-state index in [1.807, 2.05) is 40.9 Å². The van der Waals surface area contributed by atoms with Crippen LogP contribution >= 0.6 is 43.7 Å². The van der Waals surface area contributed by atoms with Crippen molar-refractivity contribution in [2.45, 2.75) is 45.2 Å². The van der Waals surface area contributed by atoms with Crippen LogP contribution in [0.25, 0.3) is 64.8 Å². The Balaban J connectivity index is 0.000000202. The van der Waals surface area contributed by atoms with Crippen molar-refractivity contribution >= 4 is 56.6 Å².